The van der Waals surface area contributed by atoms with Crippen LogP contribution in [-0.2, 0) is 30.5 Å². The molecule has 172 valence electrons. The van der Waals surface area contributed by atoms with E-state index in [2.05, 4.69) is 4.98 Å². The molecule has 1 aliphatic heterocycles. The Kier molecular flexibility index (Phi) is 6.69. The van der Waals surface area contributed by atoms with E-state index < -0.39 is 5.97 Å². The summed E-state index contributed by atoms with van der Waals surface area (Å²) < 4.78 is 5.30. The molecule has 1 aromatic heterocycles. The monoisotopic (exact) mass is 467 g/mol. The molecule has 0 saturated carbocycles. The molecule has 1 saturated heterocycles. The van der Waals surface area contributed by atoms with E-state index >= 15 is 0 Å². The first-order valence-corrected chi connectivity index (χ1v) is 11.7. The highest BCUT2D eigenvalue weighted by atomic mass is 32.1. The lowest BCUT2D eigenvalue weighted by molar-refractivity contribution is -0.147. The first-order valence-electron chi connectivity index (χ1n) is 10.8. The van der Waals surface area contributed by atoms with Crippen LogP contribution in [0.25, 0.3) is 0 Å². The molecule has 1 aromatic carbocycles. The lowest BCUT2D eigenvalue weighted by atomic mass is 9.85. The zero-order valence-electron chi connectivity index (χ0n) is 18.5. The third-order valence-electron chi connectivity index (χ3n) is 5.83. The molecule has 4 rings (SSSR count). The van der Waals surface area contributed by atoms with Crippen LogP contribution in [0.2, 0.25) is 0 Å². The zero-order chi connectivity index (χ0) is 23.5. The molecular formula is C24H25N3O5S. The summed E-state index contributed by atoms with van der Waals surface area (Å²) in [7, 11) is 0. The minimum absolute atomic E-state index is 0.0251. The number of thiazole rings is 1. The number of ether oxygens (including phenoxy) is 1. The SMILES string of the molecule is CC(=O)N(c1cccc(C)c1)c1nc(COC(=O)CCN2C(=O)[C@H]3CC=CC[C@H]3C2=O)cs1. The number of hydrogen-bond acceptors (Lipinski definition) is 7. The van der Waals surface area contributed by atoms with E-state index in [0.717, 1.165) is 11.3 Å². The summed E-state index contributed by atoms with van der Waals surface area (Å²) in [6, 6.07) is 7.55. The van der Waals surface area contributed by atoms with Crippen molar-refractivity contribution in [1.82, 2.24) is 9.88 Å². The number of nitrogens with zero attached hydrogens (tertiary/aromatic N) is 3. The van der Waals surface area contributed by atoms with Crippen molar-refractivity contribution >= 4 is 45.8 Å². The van der Waals surface area contributed by atoms with Crippen LogP contribution in [0.15, 0.2) is 41.8 Å². The Morgan fingerprint density at radius 3 is 2.52 bits per heavy atom. The molecule has 2 atom stereocenters. The van der Waals surface area contributed by atoms with E-state index in [1.807, 2.05) is 43.3 Å². The first-order chi connectivity index (χ1) is 15.8. The second-order valence-electron chi connectivity index (χ2n) is 8.21. The maximum atomic E-state index is 12.5. The molecular weight excluding hydrogens is 442 g/mol. The molecule has 1 fully saturated rings. The maximum absolute atomic E-state index is 12.5. The summed E-state index contributed by atoms with van der Waals surface area (Å²) in [6.07, 6.45) is 4.94. The minimum atomic E-state index is -0.514. The highest BCUT2D eigenvalue weighted by molar-refractivity contribution is 7.14. The summed E-state index contributed by atoms with van der Waals surface area (Å²) in [4.78, 5) is 56.6. The molecule has 2 heterocycles. The number of aryl methyl sites for hydroxylation is 1. The molecule has 8 nitrogen and oxygen atoms in total. The Hall–Kier alpha value is -3.33. The van der Waals surface area contributed by atoms with Gasteiger partial charge in [0.25, 0.3) is 0 Å². The van der Waals surface area contributed by atoms with Gasteiger partial charge in [0.1, 0.15) is 6.61 Å². The number of hydrogen-bond donors (Lipinski definition) is 0. The topological polar surface area (TPSA) is 96.9 Å². The number of carbonyl (C=O) groups is 4. The lowest BCUT2D eigenvalue weighted by Gasteiger charge is -2.18. The highest BCUT2D eigenvalue weighted by Gasteiger charge is 2.46. The predicted octanol–water partition coefficient (Wildman–Crippen LogP) is 3.52. The fraction of sp³-hybridized carbons (Fsp3) is 0.375. The standard InChI is InChI=1S/C24H25N3O5S/c1-15-6-5-7-18(12-15)27(16(2)28)24-25-17(14-33-24)13-32-21(29)10-11-26-22(30)19-8-3-4-9-20(19)23(26)31/h3-7,12,14,19-20H,8-11,13H2,1-2H3/t19-,20+. The number of imide groups is 1. The van der Waals surface area contributed by atoms with Crippen LogP contribution in [0.1, 0.15) is 37.4 Å². The van der Waals surface area contributed by atoms with Crippen LogP contribution in [0.4, 0.5) is 10.8 Å². The summed E-state index contributed by atoms with van der Waals surface area (Å²) in [6.45, 7) is 3.39. The van der Waals surface area contributed by atoms with Crippen LogP contribution in [-0.4, -0.2) is 40.1 Å². The Labute approximate surface area is 195 Å². The van der Waals surface area contributed by atoms with Gasteiger partial charge >= 0.3 is 5.97 Å². The zero-order valence-corrected chi connectivity index (χ0v) is 19.3. The second-order valence-corrected chi connectivity index (χ2v) is 9.05. The smallest absolute Gasteiger partial charge is 0.307 e. The van der Waals surface area contributed by atoms with Gasteiger partial charge in [-0.2, -0.15) is 0 Å². The average Bonchev–Trinajstić information content (AvgIpc) is 3.34. The Morgan fingerprint density at radius 2 is 1.88 bits per heavy atom. The van der Waals surface area contributed by atoms with Crippen molar-refractivity contribution in [2.45, 2.75) is 39.7 Å². The molecule has 0 N–H and O–H groups in total. The molecule has 2 aromatic rings. The number of allylic oxidation sites excluding steroid dienone is 2. The molecule has 33 heavy (non-hydrogen) atoms. The van der Waals surface area contributed by atoms with Crippen LogP contribution in [0, 0.1) is 18.8 Å². The van der Waals surface area contributed by atoms with Crippen LogP contribution in [0.3, 0.4) is 0 Å². The molecule has 3 amide bonds. The Bertz CT molecular complexity index is 1100. The number of benzene rings is 1. The molecule has 9 heteroatoms. The minimum Gasteiger partial charge on any atom is -0.459 e. The van der Waals surface area contributed by atoms with Crippen LogP contribution < -0.4 is 4.90 Å². The first kappa shape index (κ1) is 22.8. The summed E-state index contributed by atoms with van der Waals surface area (Å²) in [5.74, 6) is -1.69. The largest absolute Gasteiger partial charge is 0.459 e. The van der Waals surface area contributed by atoms with Crippen LogP contribution in [0.5, 0.6) is 0 Å². The van der Waals surface area contributed by atoms with Crippen LogP contribution >= 0.6 is 11.3 Å². The van der Waals surface area contributed by atoms with E-state index in [4.69, 9.17) is 4.74 Å². The summed E-state index contributed by atoms with van der Waals surface area (Å²) in [5, 5.41) is 2.23. The molecule has 0 spiro atoms. The van der Waals surface area contributed by atoms with Crippen molar-refractivity contribution in [3.8, 4) is 0 Å². The number of fused-ring (bicyclic) bond motifs is 1. The molecule has 0 unspecified atom stereocenters. The lowest BCUT2D eigenvalue weighted by Crippen LogP contribution is -2.33. The molecule has 0 radical (unpaired) electrons. The molecule has 2 aliphatic rings. The van der Waals surface area contributed by atoms with Crippen molar-refractivity contribution in [3.63, 3.8) is 0 Å². The van der Waals surface area contributed by atoms with Gasteiger partial charge in [0.05, 0.1) is 29.6 Å². The van der Waals surface area contributed by atoms with E-state index in [1.54, 1.807) is 5.38 Å². The van der Waals surface area contributed by atoms with Crippen molar-refractivity contribution in [2.75, 3.05) is 11.4 Å². The fourth-order valence-electron chi connectivity index (χ4n) is 4.18. The summed E-state index contributed by atoms with van der Waals surface area (Å²) >= 11 is 1.28. The number of carbonyl (C=O) groups excluding carboxylic acids is 4. The Balaban J connectivity index is 1.32. The van der Waals surface area contributed by atoms with E-state index in [-0.39, 0.29) is 49.1 Å². The summed E-state index contributed by atoms with van der Waals surface area (Å²) in [5.41, 5.74) is 2.26. The molecule has 1 aliphatic carbocycles. The fourth-order valence-corrected chi connectivity index (χ4v) is 5.05. The van der Waals surface area contributed by atoms with Crippen molar-refractivity contribution in [3.05, 3.63) is 53.1 Å². The third-order valence-corrected chi connectivity index (χ3v) is 6.70. The normalized spacial score (nSPS) is 19.5. The predicted molar refractivity (Wildman–Crippen MR) is 123 cm³/mol. The number of amides is 3. The van der Waals surface area contributed by atoms with Gasteiger partial charge in [0, 0.05) is 18.8 Å². The van der Waals surface area contributed by atoms with Crippen molar-refractivity contribution < 1.29 is 23.9 Å². The Morgan fingerprint density at radius 1 is 1.18 bits per heavy atom. The van der Waals surface area contributed by atoms with E-state index in [9.17, 15) is 19.2 Å². The van der Waals surface area contributed by atoms with Gasteiger partial charge in [-0.25, -0.2) is 4.98 Å². The van der Waals surface area contributed by atoms with Gasteiger partial charge in [-0.05, 0) is 37.5 Å². The number of anilines is 2. The second kappa shape index (κ2) is 9.66. The third kappa shape index (κ3) is 4.88. The van der Waals surface area contributed by atoms with E-state index in [0.29, 0.717) is 23.7 Å². The van der Waals surface area contributed by atoms with Crippen molar-refractivity contribution in [1.29, 1.82) is 0 Å². The van der Waals surface area contributed by atoms with Gasteiger partial charge in [-0.1, -0.05) is 24.3 Å². The van der Waals surface area contributed by atoms with Gasteiger partial charge in [0.15, 0.2) is 5.13 Å². The number of rotatable bonds is 7. The van der Waals surface area contributed by atoms with Gasteiger partial charge in [-0.3, -0.25) is 29.0 Å². The average molecular weight is 468 g/mol. The number of esters is 1. The van der Waals surface area contributed by atoms with Gasteiger partial charge < -0.3 is 4.74 Å². The van der Waals surface area contributed by atoms with Crippen molar-refractivity contribution in [2.24, 2.45) is 11.8 Å². The van der Waals surface area contributed by atoms with Gasteiger partial charge in [0.2, 0.25) is 17.7 Å². The maximum Gasteiger partial charge on any atom is 0.307 e. The van der Waals surface area contributed by atoms with E-state index in [1.165, 1.54) is 28.1 Å². The quantitative estimate of drug-likeness (QED) is 0.351. The highest BCUT2D eigenvalue weighted by Crippen LogP contribution is 2.35. The number of aromatic nitrogens is 1. The van der Waals surface area contributed by atoms with Gasteiger partial charge in [-0.15, -0.1) is 11.3 Å². The number of likely N-dealkylation sites (tertiary alicyclic amines) is 1. The molecule has 0 bridgehead atoms.